The van der Waals surface area contributed by atoms with Crippen LogP contribution in [0.2, 0.25) is 0 Å². The maximum Gasteiger partial charge on any atom is 0.160 e. The van der Waals surface area contributed by atoms with Crippen molar-refractivity contribution >= 4 is 0 Å². The van der Waals surface area contributed by atoms with Gasteiger partial charge in [0.05, 0.1) is 19.3 Å². The van der Waals surface area contributed by atoms with E-state index in [1.807, 2.05) is 6.07 Å². The molecule has 0 radical (unpaired) electrons. The predicted octanol–water partition coefficient (Wildman–Crippen LogP) is 3.10. The van der Waals surface area contributed by atoms with Crippen molar-refractivity contribution < 1.29 is 14.6 Å². The summed E-state index contributed by atoms with van der Waals surface area (Å²) in [6, 6.07) is 7.12. The lowest BCUT2D eigenvalue weighted by Crippen LogP contribution is -2.38. The van der Waals surface area contributed by atoms with Gasteiger partial charge in [0.15, 0.2) is 11.5 Å². The molecule has 2 rings (SSSR count). The van der Waals surface area contributed by atoms with Gasteiger partial charge in [-0.25, -0.2) is 0 Å². The van der Waals surface area contributed by atoms with Gasteiger partial charge in [-0.15, -0.1) is 0 Å². The molecule has 118 valence electrons. The predicted molar refractivity (Wildman–Crippen MR) is 83.9 cm³/mol. The first-order valence-electron chi connectivity index (χ1n) is 8.09. The standard InChI is InChI=1S/C17H27NO3/c19-16-9-5-6-10-17(16)21-12-7-3-1-2-4-8-15-14-18-11-13-20-15/h5-6,9-10,15,18-19H,1-4,7-8,11-14H2. The molecule has 2 N–H and O–H groups in total. The number of phenolic OH excluding ortho intramolecular Hbond substituents is 1. The van der Waals surface area contributed by atoms with Crippen LogP contribution in [0.3, 0.4) is 0 Å². The van der Waals surface area contributed by atoms with E-state index < -0.39 is 0 Å². The van der Waals surface area contributed by atoms with Gasteiger partial charge in [-0.2, -0.15) is 0 Å². The molecule has 1 aliphatic heterocycles. The van der Waals surface area contributed by atoms with E-state index in [1.165, 1.54) is 32.1 Å². The summed E-state index contributed by atoms with van der Waals surface area (Å²) in [6.07, 6.45) is 7.55. The fourth-order valence-electron chi connectivity index (χ4n) is 2.57. The van der Waals surface area contributed by atoms with Gasteiger partial charge < -0.3 is 19.9 Å². The first kappa shape index (κ1) is 16.1. The Kier molecular flexibility index (Phi) is 7.39. The summed E-state index contributed by atoms with van der Waals surface area (Å²) in [5, 5.41) is 12.9. The smallest absolute Gasteiger partial charge is 0.160 e. The molecule has 1 atom stereocenters. The number of hydrogen-bond donors (Lipinski definition) is 2. The highest BCUT2D eigenvalue weighted by molar-refractivity contribution is 5.37. The lowest BCUT2D eigenvalue weighted by Gasteiger charge is -2.23. The molecule has 0 aliphatic carbocycles. The topological polar surface area (TPSA) is 50.7 Å². The van der Waals surface area contributed by atoms with Crippen molar-refractivity contribution in [2.75, 3.05) is 26.3 Å². The number of benzene rings is 1. The number of ether oxygens (including phenoxy) is 2. The van der Waals surface area contributed by atoms with Gasteiger partial charge in [0, 0.05) is 13.1 Å². The Morgan fingerprint density at radius 2 is 1.95 bits per heavy atom. The van der Waals surface area contributed by atoms with E-state index in [2.05, 4.69) is 5.32 Å². The third-order valence-corrected chi connectivity index (χ3v) is 3.80. The van der Waals surface area contributed by atoms with Gasteiger partial charge in [-0.1, -0.05) is 37.8 Å². The Bertz CT molecular complexity index is 391. The van der Waals surface area contributed by atoms with Crippen molar-refractivity contribution in [2.45, 2.75) is 44.6 Å². The summed E-state index contributed by atoms with van der Waals surface area (Å²) in [4.78, 5) is 0. The number of morpholine rings is 1. The summed E-state index contributed by atoms with van der Waals surface area (Å²) in [5.74, 6) is 0.804. The summed E-state index contributed by atoms with van der Waals surface area (Å²) in [5.41, 5.74) is 0. The molecule has 0 aromatic heterocycles. The van der Waals surface area contributed by atoms with Gasteiger partial charge in [-0.05, 0) is 25.0 Å². The lowest BCUT2D eigenvalue weighted by atomic mass is 10.1. The highest BCUT2D eigenvalue weighted by atomic mass is 16.5. The number of aromatic hydroxyl groups is 1. The molecular formula is C17H27NO3. The molecule has 0 saturated carbocycles. The fraction of sp³-hybridized carbons (Fsp3) is 0.647. The number of nitrogens with one attached hydrogen (secondary N) is 1. The maximum absolute atomic E-state index is 9.57. The second kappa shape index (κ2) is 9.64. The van der Waals surface area contributed by atoms with E-state index in [0.29, 0.717) is 18.5 Å². The summed E-state index contributed by atoms with van der Waals surface area (Å²) in [6.45, 7) is 3.53. The normalized spacial score (nSPS) is 18.6. The molecule has 21 heavy (non-hydrogen) atoms. The van der Waals surface area contributed by atoms with Crippen molar-refractivity contribution in [2.24, 2.45) is 0 Å². The summed E-state index contributed by atoms with van der Waals surface area (Å²) < 4.78 is 11.2. The van der Waals surface area contributed by atoms with E-state index in [-0.39, 0.29) is 5.75 Å². The Morgan fingerprint density at radius 3 is 2.76 bits per heavy atom. The summed E-state index contributed by atoms with van der Waals surface area (Å²) in [7, 11) is 0. The molecule has 1 heterocycles. The second-order valence-electron chi connectivity index (χ2n) is 5.57. The average molecular weight is 293 g/mol. The molecule has 1 aromatic carbocycles. The molecule has 1 aliphatic rings. The molecule has 0 bridgehead atoms. The number of rotatable bonds is 9. The zero-order chi connectivity index (χ0) is 14.8. The van der Waals surface area contributed by atoms with Crippen LogP contribution < -0.4 is 10.1 Å². The van der Waals surface area contributed by atoms with Crippen molar-refractivity contribution in [1.82, 2.24) is 5.32 Å². The monoisotopic (exact) mass is 293 g/mol. The molecule has 0 amide bonds. The molecule has 1 fully saturated rings. The Balaban J connectivity index is 1.42. The minimum atomic E-state index is 0.221. The van der Waals surface area contributed by atoms with Gasteiger partial charge in [0.2, 0.25) is 0 Å². The third kappa shape index (κ3) is 6.36. The first-order chi connectivity index (χ1) is 10.4. The van der Waals surface area contributed by atoms with Gasteiger partial charge in [0.1, 0.15) is 0 Å². The molecule has 1 aromatic rings. The van der Waals surface area contributed by atoms with Crippen LogP contribution in [0.1, 0.15) is 38.5 Å². The summed E-state index contributed by atoms with van der Waals surface area (Å²) >= 11 is 0. The average Bonchev–Trinajstić information content (AvgIpc) is 2.52. The van der Waals surface area contributed by atoms with Crippen LogP contribution in [0.5, 0.6) is 11.5 Å². The van der Waals surface area contributed by atoms with Gasteiger partial charge in [-0.3, -0.25) is 0 Å². The molecule has 4 nitrogen and oxygen atoms in total. The maximum atomic E-state index is 9.57. The SMILES string of the molecule is Oc1ccccc1OCCCCCCCC1CNCCO1. The Morgan fingerprint density at radius 1 is 1.14 bits per heavy atom. The zero-order valence-corrected chi connectivity index (χ0v) is 12.7. The largest absolute Gasteiger partial charge is 0.504 e. The van der Waals surface area contributed by atoms with E-state index in [4.69, 9.17) is 9.47 Å². The quantitative estimate of drug-likeness (QED) is 0.687. The minimum absolute atomic E-state index is 0.221. The Labute approximate surface area is 127 Å². The molecule has 0 spiro atoms. The number of para-hydroxylation sites is 2. The number of hydrogen-bond acceptors (Lipinski definition) is 4. The van der Waals surface area contributed by atoms with Gasteiger partial charge in [0.25, 0.3) is 0 Å². The minimum Gasteiger partial charge on any atom is -0.504 e. The van der Waals surface area contributed by atoms with E-state index >= 15 is 0 Å². The first-order valence-corrected chi connectivity index (χ1v) is 8.09. The highest BCUT2D eigenvalue weighted by Gasteiger charge is 2.11. The molecular weight excluding hydrogens is 266 g/mol. The molecule has 1 saturated heterocycles. The van der Waals surface area contributed by atoms with Crippen LogP contribution in [-0.4, -0.2) is 37.5 Å². The van der Waals surface area contributed by atoms with E-state index in [0.717, 1.165) is 26.1 Å². The van der Waals surface area contributed by atoms with E-state index in [9.17, 15) is 5.11 Å². The highest BCUT2D eigenvalue weighted by Crippen LogP contribution is 2.24. The van der Waals surface area contributed by atoms with Crippen molar-refractivity contribution in [3.05, 3.63) is 24.3 Å². The van der Waals surface area contributed by atoms with Crippen LogP contribution >= 0.6 is 0 Å². The molecule has 4 heteroatoms. The second-order valence-corrected chi connectivity index (χ2v) is 5.57. The number of phenols is 1. The fourth-order valence-corrected chi connectivity index (χ4v) is 2.57. The van der Waals surface area contributed by atoms with Gasteiger partial charge >= 0.3 is 0 Å². The molecule has 1 unspecified atom stereocenters. The lowest BCUT2D eigenvalue weighted by molar-refractivity contribution is 0.0220. The van der Waals surface area contributed by atoms with Crippen LogP contribution in [0.4, 0.5) is 0 Å². The van der Waals surface area contributed by atoms with Crippen LogP contribution in [0.15, 0.2) is 24.3 Å². The van der Waals surface area contributed by atoms with Crippen molar-refractivity contribution in [3.8, 4) is 11.5 Å². The Hall–Kier alpha value is -1.26. The van der Waals surface area contributed by atoms with Crippen LogP contribution in [0.25, 0.3) is 0 Å². The third-order valence-electron chi connectivity index (χ3n) is 3.80. The van der Waals surface area contributed by atoms with Crippen LogP contribution in [-0.2, 0) is 4.74 Å². The zero-order valence-electron chi connectivity index (χ0n) is 12.7. The van der Waals surface area contributed by atoms with E-state index in [1.54, 1.807) is 18.2 Å². The number of unbranched alkanes of at least 4 members (excludes halogenated alkanes) is 4. The van der Waals surface area contributed by atoms with Crippen molar-refractivity contribution in [1.29, 1.82) is 0 Å². The van der Waals surface area contributed by atoms with Crippen molar-refractivity contribution in [3.63, 3.8) is 0 Å². The van der Waals surface area contributed by atoms with Crippen LogP contribution in [0, 0.1) is 0 Å².